The van der Waals surface area contributed by atoms with Gasteiger partial charge in [-0.1, -0.05) is 41.9 Å². The third-order valence-electron chi connectivity index (χ3n) is 6.12. The van der Waals surface area contributed by atoms with Crippen molar-refractivity contribution in [1.82, 2.24) is 25.4 Å². The summed E-state index contributed by atoms with van der Waals surface area (Å²) in [6.07, 6.45) is 3.03. The van der Waals surface area contributed by atoms with Crippen molar-refractivity contribution in [3.8, 4) is 22.9 Å². The van der Waals surface area contributed by atoms with Crippen molar-refractivity contribution in [3.05, 3.63) is 58.9 Å². The minimum absolute atomic E-state index is 0.210. The van der Waals surface area contributed by atoms with Crippen LogP contribution in [0.15, 0.2) is 42.5 Å². The molecule has 2 aliphatic heterocycles. The van der Waals surface area contributed by atoms with E-state index in [1.807, 2.05) is 41.3 Å². The molecule has 2 N–H and O–H groups in total. The number of fused-ring (bicyclic) bond motifs is 1. The molecule has 3 aromatic rings. The van der Waals surface area contributed by atoms with Crippen molar-refractivity contribution in [1.29, 1.82) is 0 Å². The Morgan fingerprint density at radius 3 is 2.85 bits per heavy atom. The number of benzene rings is 2. The standard InChI is InChI=1S/C24H26ClN5O3/c25-19-13-21-20(32-15-33-21)12-17(19)14-26-10-8-18-6-7-23(31)30(18)11-9-22-27-24(29-28-22)16-4-2-1-3-5-16/h1-5,12-13,18,26H,6-11,14-15H2,(H,27,28,29). The van der Waals surface area contributed by atoms with Crippen LogP contribution in [-0.2, 0) is 17.8 Å². The van der Waals surface area contributed by atoms with E-state index in [4.69, 9.17) is 21.1 Å². The van der Waals surface area contributed by atoms with E-state index in [0.29, 0.717) is 42.5 Å². The number of aromatic nitrogens is 3. The Balaban J connectivity index is 1.11. The second-order valence-electron chi connectivity index (χ2n) is 8.26. The fraction of sp³-hybridized carbons (Fsp3) is 0.375. The van der Waals surface area contributed by atoms with Crippen LogP contribution < -0.4 is 14.8 Å². The Morgan fingerprint density at radius 2 is 2.00 bits per heavy atom. The van der Waals surface area contributed by atoms with Gasteiger partial charge in [-0.3, -0.25) is 9.89 Å². The number of carbonyl (C=O) groups is 1. The second kappa shape index (κ2) is 9.80. The lowest BCUT2D eigenvalue weighted by Crippen LogP contribution is -2.36. The molecule has 2 aliphatic rings. The molecule has 2 aromatic carbocycles. The minimum atomic E-state index is 0.210. The molecule has 1 saturated heterocycles. The molecular formula is C24H26ClN5O3. The Bertz CT molecular complexity index is 1120. The van der Waals surface area contributed by atoms with E-state index in [0.717, 1.165) is 42.1 Å². The van der Waals surface area contributed by atoms with Crippen molar-refractivity contribution in [2.75, 3.05) is 19.9 Å². The molecule has 5 rings (SSSR count). The van der Waals surface area contributed by atoms with Crippen LogP contribution in [0.25, 0.3) is 11.4 Å². The summed E-state index contributed by atoms with van der Waals surface area (Å²) < 4.78 is 10.8. The van der Waals surface area contributed by atoms with Gasteiger partial charge in [0.15, 0.2) is 17.3 Å². The van der Waals surface area contributed by atoms with E-state index in [1.54, 1.807) is 6.07 Å². The van der Waals surface area contributed by atoms with Gasteiger partial charge in [-0.05, 0) is 31.0 Å². The van der Waals surface area contributed by atoms with Crippen molar-refractivity contribution < 1.29 is 14.3 Å². The van der Waals surface area contributed by atoms with Gasteiger partial charge in [0, 0.05) is 48.6 Å². The molecule has 1 fully saturated rings. The van der Waals surface area contributed by atoms with Crippen LogP contribution in [0.5, 0.6) is 11.5 Å². The van der Waals surface area contributed by atoms with E-state index in [2.05, 4.69) is 20.5 Å². The van der Waals surface area contributed by atoms with E-state index in [9.17, 15) is 4.79 Å². The highest BCUT2D eigenvalue weighted by Crippen LogP contribution is 2.36. The molecule has 33 heavy (non-hydrogen) atoms. The zero-order chi connectivity index (χ0) is 22.6. The summed E-state index contributed by atoms with van der Waals surface area (Å²) in [4.78, 5) is 19.0. The summed E-state index contributed by atoms with van der Waals surface area (Å²) in [5.41, 5.74) is 1.95. The summed E-state index contributed by atoms with van der Waals surface area (Å²) >= 11 is 6.35. The molecule has 0 saturated carbocycles. The first kappa shape index (κ1) is 21.7. The Hall–Kier alpha value is -3.10. The number of aromatic amines is 1. The number of likely N-dealkylation sites (tertiary alicyclic amines) is 1. The first-order valence-electron chi connectivity index (χ1n) is 11.2. The lowest BCUT2D eigenvalue weighted by Gasteiger charge is -2.24. The number of ether oxygens (including phenoxy) is 2. The maximum Gasteiger partial charge on any atom is 0.231 e. The molecule has 0 spiro atoms. The Morgan fingerprint density at radius 1 is 1.18 bits per heavy atom. The van der Waals surface area contributed by atoms with Crippen molar-refractivity contribution in [3.63, 3.8) is 0 Å². The van der Waals surface area contributed by atoms with Crippen LogP contribution in [0.4, 0.5) is 0 Å². The van der Waals surface area contributed by atoms with E-state index >= 15 is 0 Å². The van der Waals surface area contributed by atoms with E-state index in [-0.39, 0.29) is 18.7 Å². The zero-order valence-electron chi connectivity index (χ0n) is 18.2. The summed E-state index contributed by atoms with van der Waals surface area (Å²) in [5.74, 6) is 3.10. The fourth-order valence-corrected chi connectivity index (χ4v) is 4.56. The third-order valence-corrected chi connectivity index (χ3v) is 6.47. The van der Waals surface area contributed by atoms with Gasteiger partial charge in [0.25, 0.3) is 0 Å². The van der Waals surface area contributed by atoms with Crippen molar-refractivity contribution >= 4 is 17.5 Å². The van der Waals surface area contributed by atoms with Crippen LogP contribution in [0.2, 0.25) is 5.02 Å². The lowest BCUT2D eigenvalue weighted by molar-refractivity contribution is -0.129. The highest BCUT2D eigenvalue weighted by molar-refractivity contribution is 6.31. The lowest BCUT2D eigenvalue weighted by atomic mass is 10.1. The number of nitrogens with one attached hydrogen (secondary N) is 2. The van der Waals surface area contributed by atoms with Gasteiger partial charge in [0.05, 0.1) is 0 Å². The molecule has 9 heteroatoms. The zero-order valence-corrected chi connectivity index (χ0v) is 19.0. The van der Waals surface area contributed by atoms with Crippen molar-refractivity contribution in [2.45, 2.75) is 38.3 Å². The minimum Gasteiger partial charge on any atom is -0.454 e. The van der Waals surface area contributed by atoms with Crippen LogP contribution in [0.1, 0.15) is 30.7 Å². The summed E-state index contributed by atoms with van der Waals surface area (Å²) in [5, 5.41) is 11.4. The van der Waals surface area contributed by atoms with Gasteiger partial charge in [-0.2, -0.15) is 5.10 Å². The first-order valence-corrected chi connectivity index (χ1v) is 11.6. The normalized spacial score (nSPS) is 17.2. The van der Waals surface area contributed by atoms with Crippen LogP contribution in [0.3, 0.4) is 0 Å². The van der Waals surface area contributed by atoms with Gasteiger partial charge in [0.1, 0.15) is 5.82 Å². The molecule has 8 nitrogen and oxygen atoms in total. The second-order valence-corrected chi connectivity index (χ2v) is 8.67. The van der Waals surface area contributed by atoms with Crippen LogP contribution in [-0.4, -0.2) is 51.9 Å². The fourth-order valence-electron chi connectivity index (χ4n) is 4.34. The molecule has 172 valence electrons. The number of rotatable bonds is 9. The number of hydrogen-bond donors (Lipinski definition) is 2. The Labute approximate surface area is 197 Å². The van der Waals surface area contributed by atoms with E-state index in [1.165, 1.54) is 0 Å². The number of H-pyrrole nitrogens is 1. The summed E-state index contributed by atoms with van der Waals surface area (Å²) in [6, 6.07) is 13.8. The monoisotopic (exact) mass is 467 g/mol. The molecule has 1 amide bonds. The van der Waals surface area contributed by atoms with Gasteiger partial charge in [0.2, 0.25) is 12.7 Å². The average molecular weight is 468 g/mol. The smallest absolute Gasteiger partial charge is 0.231 e. The van der Waals surface area contributed by atoms with Crippen LogP contribution in [0, 0.1) is 0 Å². The molecule has 1 atom stereocenters. The number of nitrogens with zero attached hydrogens (tertiary/aromatic N) is 3. The first-order chi connectivity index (χ1) is 16.2. The van der Waals surface area contributed by atoms with Gasteiger partial charge < -0.3 is 19.7 Å². The van der Waals surface area contributed by atoms with Gasteiger partial charge in [-0.25, -0.2) is 4.98 Å². The number of hydrogen-bond acceptors (Lipinski definition) is 6. The highest BCUT2D eigenvalue weighted by atomic mass is 35.5. The molecule has 0 bridgehead atoms. The van der Waals surface area contributed by atoms with Crippen molar-refractivity contribution in [2.24, 2.45) is 0 Å². The summed E-state index contributed by atoms with van der Waals surface area (Å²) in [7, 11) is 0. The molecule has 1 unspecified atom stereocenters. The molecule has 0 radical (unpaired) electrons. The average Bonchev–Trinajstić information content (AvgIpc) is 3.56. The molecule has 1 aromatic heterocycles. The maximum atomic E-state index is 12.5. The topological polar surface area (TPSA) is 92.4 Å². The predicted octanol–water partition coefficient (Wildman–Crippen LogP) is 3.57. The van der Waals surface area contributed by atoms with Gasteiger partial charge in [-0.15, -0.1) is 0 Å². The maximum absolute atomic E-state index is 12.5. The molecule has 0 aliphatic carbocycles. The molecule has 3 heterocycles. The number of amides is 1. The number of halogens is 1. The molecular weight excluding hydrogens is 442 g/mol. The van der Waals surface area contributed by atoms with Gasteiger partial charge >= 0.3 is 0 Å². The van der Waals surface area contributed by atoms with E-state index < -0.39 is 0 Å². The predicted molar refractivity (Wildman–Crippen MR) is 124 cm³/mol. The highest BCUT2D eigenvalue weighted by Gasteiger charge is 2.30. The number of carbonyl (C=O) groups excluding carboxylic acids is 1. The van der Waals surface area contributed by atoms with Crippen LogP contribution >= 0.6 is 11.6 Å². The summed E-state index contributed by atoms with van der Waals surface area (Å²) in [6.45, 7) is 2.30. The Kier molecular flexibility index (Phi) is 6.46. The third kappa shape index (κ3) is 4.96. The SMILES string of the molecule is O=C1CCC(CCNCc2cc3c(cc2Cl)OCO3)N1CCc1nc(-c2ccccc2)n[nH]1. The largest absolute Gasteiger partial charge is 0.454 e. The quantitative estimate of drug-likeness (QED) is 0.467.